The number of benzene rings is 2. The Morgan fingerprint density at radius 2 is 2.12 bits per heavy atom. The second-order valence-corrected chi connectivity index (χ2v) is 7.54. The summed E-state index contributed by atoms with van der Waals surface area (Å²) in [5, 5.41) is 11.7. The molecule has 0 spiro atoms. The van der Waals surface area contributed by atoms with Gasteiger partial charge in [0.2, 0.25) is 0 Å². The maximum absolute atomic E-state index is 11.7. The van der Waals surface area contributed by atoms with E-state index >= 15 is 0 Å². The van der Waals surface area contributed by atoms with Gasteiger partial charge in [0.15, 0.2) is 5.16 Å². The molecule has 0 amide bonds. The lowest BCUT2D eigenvalue weighted by Crippen LogP contribution is -2.08. The van der Waals surface area contributed by atoms with Crippen molar-refractivity contribution in [3.05, 3.63) is 47.2 Å². The van der Waals surface area contributed by atoms with Crippen molar-refractivity contribution in [1.29, 1.82) is 0 Å². The van der Waals surface area contributed by atoms with Gasteiger partial charge < -0.3 is 4.74 Å². The van der Waals surface area contributed by atoms with Gasteiger partial charge in [0.25, 0.3) is 0 Å². The Morgan fingerprint density at radius 3 is 2.85 bits per heavy atom. The highest BCUT2D eigenvalue weighted by Gasteiger charge is 2.27. The van der Waals surface area contributed by atoms with Gasteiger partial charge in [-0.1, -0.05) is 47.6 Å². The van der Waals surface area contributed by atoms with Crippen LogP contribution in [0.5, 0.6) is 0 Å². The summed E-state index contributed by atoms with van der Waals surface area (Å²) >= 11 is 7.97. The molecule has 0 N–H and O–H groups in total. The van der Waals surface area contributed by atoms with Crippen molar-refractivity contribution in [2.45, 2.75) is 30.8 Å². The molecule has 4 rings (SSSR count). The number of rotatable bonds is 6. The second-order valence-electron chi connectivity index (χ2n) is 6.19. The Balaban J connectivity index is 1.76. The minimum absolute atomic E-state index is 0.183. The third-order valence-electron chi connectivity index (χ3n) is 4.40. The predicted octanol–water partition coefficient (Wildman–Crippen LogP) is 4.61. The fourth-order valence-corrected chi connectivity index (χ4v) is 4.15. The van der Waals surface area contributed by atoms with Gasteiger partial charge in [-0.3, -0.25) is 9.36 Å². The fourth-order valence-electron chi connectivity index (χ4n) is 3.13. The van der Waals surface area contributed by atoms with Crippen LogP contribution < -0.4 is 0 Å². The Labute approximate surface area is 160 Å². The van der Waals surface area contributed by atoms with Crippen molar-refractivity contribution in [2.24, 2.45) is 0 Å². The zero-order chi connectivity index (χ0) is 18.1. The molecule has 0 aliphatic heterocycles. The molecule has 0 unspecified atom stereocenters. The molecule has 3 aromatic rings. The van der Waals surface area contributed by atoms with Gasteiger partial charge in [-0.15, -0.1) is 10.2 Å². The number of fused-ring (bicyclic) bond motifs is 1. The predicted molar refractivity (Wildman–Crippen MR) is 103 cm³/mol. The van der Waals surface area contributed by atoms with Gasteiger partial charge in [-0.05, 0) is 42.7 Å². The van der Waals surface area contributed by atoms with Gasteiger partial charge in [0.05, 0.1) is 23.1 Å². The number of carbonyl (C=O) groups is 1. The summed E-state index contributed by atoms with van der Waals surface area (Å²) in [7, 11) is 0. The van der Waals surface area contributed by atoms with E-state index in [1.165, 1.54) is 35.6 Å². The molecule has 0 saturated heterocycles. The van der Waals surface area contributed by atoms with Crippen molar-refractivity contribution in [3.8, 4) is 5.69 Å². The maximum Gasteiger partial charge on any atom is 0.316 e. The van der Waals surface area contributed by atoms with Crippen molar-refractivity contribution in [2.75, 3.05) is 12.4 Å². The first-order valence-electron chi connectivity index (χ1n) is 8.59. The zero-order valence-electron chi connectivity index (χ0n) is 14.3. The zero-order valence-corrected chi connectivity index (χ0v) is 15.9. The highest BCUT2D eigenvalue weighted by Crippen LogP contribution is 2.46. The fraction of sp³-hybridized carbons (Fsp3) is 0.316. The van der Waals surface area contributed by atoms with E-state index in [4.69, 9.17) is 16.3 Å². The summed E-state index contributed by atoms with van der Waals surface area (Å²) < 4.78 is 6.84. The quantitative estimate of drug-likeness (QED) is 0.456. The maximum atomic E-state index is 11.7. The first kappa shape index (κ1) is 17.4. The Bertz CT molecular complexity index is 969. The molecular weight excluding hydrogens is 370 g/mol. The number of nitrogens with zero attached hydrogens (tertiary/aromatic N) is 3. The lowest BCUT2D eigenvalue weighted by atomic mass is 9.99. The van der Waals surface area contributed by atoms with Gasteiger partial charge in [-0.2, -0.15) is 0 Å². The molecule has 1 saturated carbocycles. The van der Waals surface area contributed by atoms with E-state index < -0.39 is 0 Å². The summed E-state index contributed by atoms with van der Waals surface area (Å²) in [6.07, 6.45) is 4.07. The van der Waals surface area contributed by atoms with Crippen LogP contribution in [0.1, 0.15) is 31.2 Å². The van der Waals surface area contributed by atoms with E-state index in [1.54, 1.807) is 13.3 Å². The SMILES string of the molecule is CCOC(=O)CSc1nncn1-c1c(Cl)cc(C2CC2)c2ccccc12. The Morgan fingerprint density at radius 1 is 1.35 bits per heavy atom. The summed E-state index contributed by atoms with van der Waals surface area (Å²) in [6.45, 7) is 2.16. The molecule has 0 atom stereocenters. The molecule has 1 heterocycles. The number of thioether (sulfide) groups is 1. The third kappa shape index (κ3) is 3.31. The van der Waals surface area contributed by atoms with Crippen molar-refractivity contribution >= 4 is 40.1 Å². The van der Waals surface area contributed by atoms with Crippen LogP contribution in [-0.4, -0.2) is 33.1 Å². The first-order valence-corrected chi connectivity index (χ1v) is 9.95. The lowest BCUT2D eigenvalue weighted by Gasteiger charge is -2.15. The van der Waals surface area contributed by atoms with Crippen LogP contribution in [0.3, 0.4) is 0 Å². The average Bonchev–Trinajstić information content (AvgIpc) is 3.38. The summed E-state index contributed by atoms with van der Waals surface area (Å²) in [4.78, 5) is 11.7. The number of esters is 1. The van der Waals surface area contributed by atoms with Gasteiger partial charge >= 0.3 is 5.97 Å². The molecule has 7 heteroatoms. The molecule has 26 heavy (non-hydrogen) atoms. The van der Waals surface area contributed by atoms with Crippen LogP contribution in [0.4, 0.5) is 0 Å². The molecule has 2 aromatic carbocycles. The molecule has 5 nitrogen and oxygen atoms in total. The van der Waals surface area contributed by atoms with Gasteiger partial charge in [0, 0.05) is 5.39 Å². The number of hydrogen-bond donors (Lipinski definition) is 0. The monoisotopic (exact) mass is 387 g/mol. The summed E-state index contributed by atoms with van der Waals surface area (Å²) in [5.41, 5.74) is 2.16. The highest BCUT2D eigenvalue weighted by atomic mass is 35.5. The minimum atomic E-state index is -0.271. The molecule has 1 aromatic heterocycles. The normalized spacial score (nSPS) is 13.9. The standard InChI is InChI=1S/C19H18ClN3O2S/c1-2-25-17(24)10-26-19-22-21-11-23(19)18-14-6-4-3-5-13(14)15(9-16(18)20)12-7-8-12/h3-6,9,11-12H,2,7-8,10H2,1H3. The van der Waals surface area contributed by atoms with E-state index in [0.29, 0.717) is 22.7 Å². The van der Waals surface area contributed by atoms with Crippen molar-refractivity contribution in [1.82, 2.24) is 14.8 Å². The lowest BCUT2D eigenvalue weighted by molar-refractivity contribution is -0.139. The molecule has 1 aliphatic carbocycles. The van der Waals surface area contributed by atoms with Crippen LogP contribution in [0.15, 0.2) is 41.8 Å². The summed E-state index contributed by atoms with van der Waals surface area (Å²) in [6, 6.07) is 10.3. The molecule has 0 radical (unpaired) electrons. The number of hydrogen-bond acceptors (Lipinski definition) is 5. The van der Waals surface area contributed by atoms with Crippen molar-refractivity contribution < 1.29 is 9.53 Å². The van der Waals surface area contributed by atoms with Crippen molar-refractivity contribution in [3.63, 3.8) is 0 Å². The molecule has 0 bridgehead atoms. The third-order valence-corrected chi connectivity index (χ3v) is 5.61. The van der Waals surface area contributed by atoms with Crippen LogP contribution in [0.2, 0.25) is 5.02 Å². The summed E-state index contributed by atoms with van der Waals surface area (Å²) in [5.74, 6) is 0.513. The molecule has 1 fully saturated rings. The van der Waals surface area contributed by atoms with E-state index in [2.05, 4.69) is 34.5 Å². The molecule has 134 valence electrons. The topological polar surface area (TPSA) is 57.0 Å². The molecular formula is C19H18ClN3O2S. The second kappa shape index (κ2) is 7.29. The first-order chi connectivity index (χ1) is 12.7. The number of ether oxygens (including phenoxy) is 1. The number of carbonyl (C=O) groups excluding carboxylic acids is 1. The largest absolute Gasteiger partial charge is 0.465 e. The van der Waals surface area contributed by atoms with Gasteiger partial charge in [0.1, 0.15) is 6.33 Å². The van der Waals surface area contributed by atoms with Crippen LogP contribution in [0, 0.1) is 0 Å². The Hall–Kier alpha value is -2.05. The average molecular weight is 388 g/mol. The van der Waals surface area contributed by atoms with E-state index in [9.17, 15) is 4.79 Å². The van der Waals surface area contributed by atoms with E-state index in [0.717, 1.165) is 11.1 Å². The highest BCUT2D eigenvalue weighted by molar-refractivity contribution is 7.99. The molecule has 1 aliphatic rings. The van der Waals surface area contributed by atoms with Gasteiger partial charge in [-0.25, -0.2) is 0 Å². The Kier molecular flexibility index (Phi) is 4.87. The number of halogens is 1. The van der Waals surface area contributed by atoms with E-state index in [-0.39, 0.29) is 11.7 Å². The smallest absolute Gasteiger partial charge is 0.316 e. The van der Waals surface area contributed by atoms with Crippen LogP contribution in [0.25, 0.3) is 16.5 Å². The number of aromatic nitrogens is 3. The van der Waals surface area contributed by atoms with Crippen LogP contribution in [-0.2, 0) is 9.53 Å². The van der Waals surface area contributed by atoms with E-state index in [1.807, 2.05) is 10.6 Å². The van der Waals surface area contributed by atoms with Crippen LogP contribution >= 0.6 is 23.4 Å². The minimum Gasteiger partial charge on any atom is -0.465 e.